The van der Waals surface area contributed by atoms with Crippen LogP contribution >= 0.6 is 15.9 Å². The Kier molecular flexibility index (Phi) is 4.21. The van der Waals surface area contributed by atoms with Crippen LogP contribution in [0.3, 0.4) is 0 Å². The molecular formula is C17H12BrFN6O. The van der Waals surface area contributed by atoms with E-state index in [2.05, 4.69) is 36.4 Å². The van der Waals surface area contributed by atoms with Crippen molar-refractivity contribution in [1.29, 1.82) is 0 Å². The Morgan fingerprint density at radius 1 is 1.19 bits per heavy atom. The second-order valence-electron chi connectivity index (χ2n) is 5.53. The van der Waals surface area contributed by atoms with Gasteiger partial charge in [0.15, 0.2) is 17.2 Å². The van der Waals surface area contributed by atoms with Gasteiger partial charge in [0.2, 0.25) is 0 Å². The third-order valence-electron chi connectivity index (χ3n) is 3.67. The van der Waals surface area contributed by atoms with E-state index in [-0.39, 0.29) is 11.5 Å². The summed E-state index contributed by atoms with van der Waals surface area (Å²) in [6.45, 7) is 0.398. The molecule has 9 heteroatoms. The number of anilines is 1. The first kappa shape index (κ1) is 16.4. The number of amides is 1. The molecule has 4 aromatic rings. The van der Waals surface area contributed by atoms with Gasteiger partial charge in [-0.3, -0.25) is 9.48 Å². The van der Waals surface area contributed by atoms with E-state index in [1.54, 1.807) is 41.5 Å². The zero-order chi connectivity index (χ0) is 18.1. The number of hydrogen-bond acceptors (Lipinski definition) is 4. The van der Waals surface area contributed by atoms with Crippen LogP contribution in [-0.2, 0) is 6.54 Å². The van der Waals surface area contributed by atoms with Gasteiger partial charge < -0.3 is 5.32 Å². The van der Waals surface area contributed by atoms with Crippen LogP contribution in [0.15, 0.2) is 59.5 Å². The van der Waals surface area contributed by atoms with Gasteiger partial charge in [0.1, 0.15) is 5.82 Å². The molecule has 4 rings (SSSR count). The molecule has 0 spiro atoms. The smallest absolute Gasteiger partial charge is 0.278 e. The first-order valence-corrected chi connectivity index (χ1v) is 8.47. The zero-order valence-corrected chi connectivity index (χ0v) is 14.9. The minimum atomic E-state index is -0.404. The number of carbonyl (C=O) groups is 1. The predicted octanol–water partition coefficient (Wildman–Crippen LogP) is 3.13. The van der Waals surface area contributed by atoms with Crippen LogP contribution in [0.1, 0.15) is 16.1 Å². The van der Waals surface area contributed by atoms with Crippen LogP contribution in [0.4, 0.5) is 10.2 Å². The molecule has 0 saturated carbocycles. The summed E-state index contributed by atoms with van der Waals surface area (Å²) in [6.07, 6.45) is 5.04. The maximum Gasteiger partial charge on any atom is 0.278 e. The van der Waals surface area contributed by atoms with Crippen molar-refractivity contribution in [2.45, 2.75) is 6.54 Å². The molecule has 26 heavy (non-hydrogen) atoms. The van der Waals surface area contributed by atoms with Crippen molar-refractivity contribution in [1.82, 2.24) is 24.4 Å². The first-order chi connectivity index (χ1) is 12.6. The van der Waals surface area contributed by atoms with Gasteiger partial charge in [-0.25, -0.2) is 13.9 Å². The predicted molar refractivity (Wildman–Crippen MR) is 96.4 cm³/mol. The number of halogens is 2. The highest BCUT2D eigenvalue weighted by Crippen LogP contribution is 2.21. The number of rotatable bonds is 4. The molecule has 0 atom stereocenters. The van der Waals surface area contributed by atoms with Crippen molar-refractivity contribution in [2.24, 2.45) is 0 Å². The van der Waals surface area contributed by atoms with Crippen molar-refractivity contribution in [3.8, 4) is 0 Å². The van der Waals surface area contributed by atoms with Crippen molar-refractivity contribution in [2.75, 3.05) is 5.32 Å². The number of nitrogens with one attached hydrogen (secondary N) is 1. The number of aromatic nitrogens is 5. The van der Waals surface area contributed by atoms with Crippen molar-refractivity contribution in [3.63, 3.8) is 0 Å². The average molecular weight is 415 g/mol. The van der Waals surface area contributed by atoms with E-state index in [1.165, 1.54) is 16.6 Å². The molecule has 1 aromatic carbocycles. The summed E-state index contributed by atoms with van der Waals surface area (Å²) in [5, 5.41) is 11.2. The lowest BCUT2D eigenvalue weighted by molar-refractivity contribution is 0.102. The standard InChI is InChI=1S/C17H12BrFN6O/c18-14-15(23-25-7-2-6-20-16(14)25)17(26)21-13-5-8-24(22-13)10-11-3-1-4-12(19)9-11/h1-9H,10H2,(H,21,22,26). The molecule has 3 heterocycles. The average Bonchev–Trinajstić information content (AvgIpc) is 3.20. The molecule has 130 valence electrons. The lowest BCUT2D eigenvalue weighted by atomic mass is 10.2. The number of nitrogens with zero attached hydrogens (tertiary/aromatic N) is 5. The highest BCUT2D eigenvalue weighted by Gasteiger charge is 2.19. The van der Waals surface area contributed by atoms with Crippen molar-refractivity contribution >= 4 is 33.3 Å². The van der Waals surface area contributed by atoms with Crippen LogP contribution in [0, 0.1) is 5.82 Å². The lowest BCUT2D eigenvalue weighted by Crippen LogP contribution is -2.14. The summed E-state index contributed by atoms with van der Waals surface area (Å²) in [6, 6.07) is 9.68. The number of benzene rings is 1. The fourth-order valence-electron chi connectivity index (χ4n) is 2.52. The fourth-order valence-corrected chi connectivity index (χ4v) is 3.06. The third kappa shape index (κ3) is 3.21. The second-order valence-corrected chi connectivity index (χ2v) is 6.33. The Hall–Kier alpha value is -3.07. The summed E-state index contributed by atoms with van der Waals surface area (Å²) in [4.78, 5) is 16.6. The molecular weight excluding hydrogens is 403 g/mol. The molecule has 0 aliphatic heterocycles. The van der Waals surface area contributed by atoms with E-state index in [4.69, 9.17) is 0 Å². The Balaban J connectivity index is 1.51. The zero-order valence-electron chi connectivity index (χ0n) is 13.3. The number of carbonyl (C=O) groups excluding carboxylic acids is 1. The molecule has 1 amide bonds. The van der Waals surface area contributed by atoms with Gasteiger partial charge in [-0.2, -0.15) is 10.2 Å². The largest absolute Gasteiger partial charge is 0.304 e. The minimum Gasteiger partial charge on any atom is -0.304 e. The van der Waals surface area contributed by atoms with Gasteiger partial charge >= 0.3 is 0 Å². The molecule has 0 unspecified atom stereocenters. The monoisotopic (exact) mass is 414 g/mol. The maximum atomic E-state index is 13.3. The highest BCUT2D eigenvalue weighted by atomic mass is 79.9. The van der Waals surface area contributed by atoms with E-state index in [1.807, 2.05) is 6.07 Å². The molecule has 0 aliphatic carbocycles. The van der Waals surface area contributed by atoms with Crippen molar-refractivity contribution in [3.05, 3.63) is 76.5 Å². The van der Waals surface area contributed by atoms with Crippen LogP contribution in [0.5, 0.6) is 0 Å². The number of hydrogen-bond donors (Lipinski definition) is 1. The van der Waals surface area contributed by atoms with Crippen LogP contribution in [0.25, 0.3) is 5.65 Å². The summed E-state index contributed by atoms with van der Waals surface area (Å²) in [5.74, 6) is -0.324. The summed E-state index contributed by atoms with van der Waals surface area (Å²) in [7, 11) is 0. The Morgan fingerprint density at radius 3 is 2.88 bits per heavy atom. The van der Waals surface area contributed by atoms with Crippen molar-refractivity contribution < 1.29 is 9.18 Å². The molecule has 0 aliphatic rings. The van der Waals surface area contributed by atoms with E-state index in [0.29, 0.717) is 22.5 Å². The summed E-state index contributed by atoms with van der Waals surface area (Å²) < 4.78 is 16.9. The SMILES string of the molecule is O=C(Nc1ccn(Cc2cccc(F)c2)n1)c1nn2cccnc2c1Br. The van der Waals surface area contributed by atoms with Gasteiger partial charge in [-0.05, 0) is 39.7 Å². The van der Waals surface area contributed by atoms with Gasteiger partial charge in [0.25, 0.3) is 5.91 Å². The lowest BCUT2D eigenvalue weighted by Gasteiger charge is -2.02. The summed E-state index contributed by atoms with van der Waals surface area (Å²) >= 11 is 3.35. The van der Waals surface area contributed by atoms with Gasteiger partial charge in [0.05, 0.1) is 11.0 Å². The van der Waals surface area contributed by atoms with Crippen LogP contribution in [-0.4, -0.2) is 30.3 Å². The minimum absolute atomic E-state index is 0.211. The molecule has 0 radical (unpaired) electrons. The van der Waals surface area contributed by atoms with Crippen LogP contribution < -0.4 is 5.32 Å². The quantitative estimate of drug-likeness (QED) is 0.556. The Morgan fingerprint density at radius 2 is 2.08 bits per heavy atom. The van der Waals surface area contributed by atoms with E-state index in [0.717, 1.165) is 5.56 Å². The maximum absolute atomic E-state index is 13.3. The van der Waals surface area contributed by atoms with Crippen LogP contribution in [0.2, 0.25) is 0 Å². The Bertz CT molecular complexity index is 1110. The molecule has 1 N–H and O–H groups in total. The third-order valence-corrected chi connectivity index (χ3v) is 4.40. The van der Waals surface area contributed by atoms with E-state index < -0.39 is 5.91 Å². The van der Waals surface area contributed by atoms with Gasteiger partial charge in [0, 0.05) is 24.7 Å². The molecule has 3 aromatic heterocycles. The highest BCUT2D eigenvalue weighted by molar-refractivity contribution is 9.10. The first-order valence-electron chi connectivity index (χ1n) is 7.68. The molecule has 0 saturated heterocycles. The summed E-state index contributed by atoms with van der Waals surface area (Å²) in [5.41, 5.74) is 1.54. The van der Waals surface area contributed by atoms with E-state index >= 15 is 0 Å². The molecule has 0 fully saturated rings. The second kappa shape index (κ2) is 6.68. The van der Waals surface area contributed by atoms with Gasteiger partial charge in [-0.1, -0.05) is 12.1 Å². The molecule has 7 nitrogen and oxygen atoms in total. The topological polar surface area (TPSA) is 77.1 Å². The fraction of sp³-hybridized carbons (Fsp3) is 0.0588. The van der Waals surface area contributed by atoms with E-state index in [9.17, 15) is 9.18 Å². The number of fused-ring (bicyclic) bond motifs is 1. The Labute approximate surface area is 155 Å². The normalized spacial score (nSPS) is 11.0. The van der Waals surface area contributed by atoms with Gasteiger partial charge in [-0.15, -0.1) is 0 Å². The molecule has 0 bridgehead atoms.